The Hall–Kier alpha value is -3.19. The normalized spacial score (nSPS) is 19.1. The number of non-ortho nitro benzene ring substituents is 1. The number of hydrogen-bond acceptors (Lipinski definition) is 5. The van der Waals surface area contributed by atoms with E-state index < -0.39 is 11.0 Å². The molecule has 2 atom stereocenters. The molecule has 26 heavy (non-hydrogen) atoms. The fourth-order valence-corrected chi connectivity index (χ4v) is 3.58. The number of nitro benzene ring substituents is 1. The summed E-state index contributed by atoms with van der Waals surface area (Å²) >= 11 is 0. The average molecular weight is 351 g/mol. The van der Waals surface area contributed by atoms with Crippen LogP contribution in [0.25, 0.3) is 10.9 Å². The van der Waals surface area contributed by atoms with E-state index in [9.17, 15) is 14.9 Å². The van der Waals surface area contributed by atoms with Gasteiger partial charge in [0.05, 0.1) is 18.1 Å². The van der Waals surface area contributed by atoms with Gasteiger partial charge in [0.25, 0.3) is 5.69 Å². The van der Waals surface area contributed by atoms with Crippen LogP contribution in [0.3, 0.4) is 0 Å². The fourth-order valence-electron chi connectivity index (χ4n) is 3.58. The molecule has 2 N–H and O–H groups in total. The molecule has 3 aromatic rings. The highest BCUT2D eigenvalue weighted by Gasteiger charge is 2.34. The van der Waals surface area contributed by atoms with Crippen LogP contribution in [0, 0.1) is 10.1 Å². The molecule has 0 saturated carbocycles. The number of nitrogens with one attached hydrogen (secondary N) is 2. The van der Waals surface area contributed by atoms with Crippen LogP contribution >= 0.6 is 0 Å². The number of aromatic amines is 1. The SMILES string of the molecule is COC(=O)[C@H]1Cc2c([nH]c3ccccc23)[C@H](c2ccc([N+](=O)[O-])cc2)N1. The molecule has 7 nitrogen and oxygen atoms in total. The van der Waals surface area contributed by atoms with E-state index in [0.717, 1.165) is 27.7 Å². The summed E-state index contributed by atoms with van der Waals surface area (Å²) < 4.78 is 4.93. The summed E-state index contributed by atoms with van der Waals surface area (Å²) in [6.45, 7) is 0. The standard InChI is InChI=1S/C19H17N3O4/c1-26-19(23)16-10-14-13-4-2-3-5-15(13)20-18(14)17(21-16)11-6-8-12(9-7-11)22(24)25/h2-9,16-17,20-21H,10H2,1H3/t16-,17+/m1/s1. The predicted molar refractivity (Wildman–Crippen MR) is 95.9 cm³/mol. The van der Waals surface area contributed by atoms with Gasteiger partial charge < -0.3 is 9.72 Å². The predicted octanol–water partition coefficient (Wildman–Crippen LogP) is 2.85. The van der Waals surface area contributed by atoms with E-state index in [-0.39, 0.29) is 17.7 Å². The number of fused-ring (bicyclic) bond motifs is 3. The molecule has 2 aromatic carbocycles. The third kappa shape index (κ3) is 2.62. The molecule has 0 bridgehead atoms. The van der Waals surface area contributed by atoms with Gasteiger partial charge in [-0.25, -0.2) is 0 Å². The molecule has 0 unspecified atom stereocenters. The van der Waals surface area contributed by atoms with Gasteiger partial charge in [0, 0.05) is 35.2 Å². The summed E-state index contributed by atoms with van der Waals surface area (Å²) in [5.41, 5.74) is 3.91. The van der Waals surface area contributed by atoms with Crippen molar-refractivity contribution >= 4 is 22.6 Å². The van der Waals surface area contributed by atoms with E-state index in [0.29, 0.717) is 6.42 Å². The smallest absolute Gasteiger partial charge is 0.323 e. The van der Waals surface area contributed by atoms with Gasteiger partial charge in [-0.2, -0.15) is 0 Å². The first kappa shape index (κ1) is 16.3. The molecule has 4 rings (SSSR count). The lowest BCUT2D eigenvalue weighted by Gasteiger charge is -2.30. The zero-order valence-corrected chi connectivity index (χ0v) is 14.1. The lowest BCUT2D eigenvalue weighted by atomic mass is 9.90. The van der Waals surface area contributed by atoms with Gasteiger partial charge in [-0.3, -0.25) is 20.2 Å². The molecule has 0 radical (unpaired) electrons. The molecular weight excluding hydrogens is 334 g/mol. The Balaban J connectivity index is 1.83. The highest BCUT2D eigenvalue weighted by molar-refractivity contribution is 5.87. The Morgan fingerprint density at radius 1 is 1.19 bits per heavy atom. The molecule has 2 heterocycles. The van der Waals surface area contributed by atoms with Crippen molar-refractivity contribution in [2.45, 2.75) is 18.5 Å². The van der Waals surface area contributed by atoms with Gasteiger partial charge in [-0.05, 0) is 17.2 Å². The van der Waals surface area contributed by atoms with Crippen molar-refractivity contribution in [2.75, 3.05) is 7.11 Å². The molecule has 0 aliphatic carbocycles. The number of ether oxygens (including phenoxy) is 1. The van der Waals surface area contributed by atoms with Crippen LogP contribution in [0.4, 0.5) is 5.69 Å². The highest BCUT2D eigenvalue weighted by atomic mass is 16.6. The number of nitrogens with zero attached hydrogens (tertiary/aromatic N) is 1. The van der Waals surface area contributed by atoms with Crippen LogP contribution in [0.1, 0.15) is 22.9 Å². The van der Waals surface area contributed by atoms with E-state index in [1.54, 1.807) is 12.1 Å². The number of benzene rings is 2. The lowest BCUT2D eigenvalue weighted by Crippen LogP contribution is -2.45. The van der Waals surface area contributed by atoms with Gasteiger partial charge in [-0.15, -0.1) is 0 Å². The number of aromatic nitrogens is 1. The zero-order chi connectivity index (χ0) is 18.3. The fraction of sp³-hybridized carbons (Fsp3) is 0.211. The first-order valence-corrected chi connectivity index (χ1v) is 8.26. The number of para-hydroxylation sites is 1. The van der Waals surface area contributed by atoms with Gasteiger partial charge >= 0.3 is 5.97 Å². The maximum absolute atomic E-state index is 12.2. The van der Waals surface area contributed by atoms with Gasteiger partial charge in [0.1, 0.15) is 6.04 Å². The summed E-state index contributed by atoms with van der Waals surface area (Å²) in [5.74, 6) is -0.326. The molecule has 0 fully saturated rings. The van der Waals surface area contributed by atoms with E-state index >= 15 is 0 Å². The van der Waals surface area contributed by atoms with Crippen molar-refractivity contribution in [3.63, 3.8) is 0 Å². The summed E-state index contributed by atoms with van der Waals surface area (Å²) in [6.07, 6.45) is 0.523. The van der Waals surface area contributed by atoms with Crippen molar-refractivity contribution in [3.05, 3.63) is 75.5 Å². The van der Waals surface area contributed by atoms with E-state index in [1.807, 2.05) is 24.3 Å². The summed E-state index contributed by atoms with van der Waals surface area (Å²) in [6, 6.07) is 13.5. The largest absolute Gasteiger partial charge is 0.468 e. The Kier molecular flexibility index (Phi) is 3.93. The summed E-state index contributed by atoms with van der Waals surface area (Å²) in [7, 11) is 1.37. The summed E-state index contributed by atoms with van der Waals surface area (Å²) in [4.78, 5) is 26.1. The minimum Gasteiger partial charge on any atom is -0.468 e. The van der Waals surface area contributed by atoms with Gasteiger partial charge in [0.15, 0.2) is 0 Å². The Labute approximate surface area is 149 Å². The number of esters is 1. The van der Waals surface area contributed by atoms with E-state index in [4.69, 9.17) is 4.74 Å². The molecule has 7 heteroatoms. The van der Waals surface area contributed by atoms with Crippen molar-refractivity contribution in [1.29, 1.82) is 0 Å². The number of carbonyl (C=O) groups excluding carboxylic acids is 1. The Bertz CT molecular complexity index is 994. The van der Waals surface area contributed by atoms with Crippen molar-refractivity contribution < 1.29 is 14.5 Å². The topological polar surface area (TPSA) is 97.3 Å². The minimum atomic E-state index is -0.480. The maximum Gasteiger partial charge on any atom is 0.323 e. The minimum absolute atomic E-state index is 0.0333. The number of hydrogen-bond donors (Lipinski definition) is 2. The third-order valence-electron chi connectivity index (χ3n) is 4.83. The zero-order valence-electron chi connectivity index (χ0n) is 14.1. The third-order valence-corrected chi connectivity index (χ3v) is 4.83. The quantitative estimate of drug-likeness (QED) is 0.430. The second-order valence-corrected chi connectivity index (χ2v) is 6.29. The Morgan fingerprint density at radius 3 is 2.62 bits per heavy atom. The molecule has 1 aliphatic heterocycles. The van der Waals surface area contributed by atoms with Crippen LogP contribution in [0.5, 0.6) is 0 Å². The van der Waals surface area contributed by atoms with Crippen molar-refractivity contribution in [1.82, 2.24) is 10.3 Å². The van der Waals surface area contributed by atoms with E-state index in [1.165, 1.54) is 19.2 Å². The van der Waals surface area contributed by atoms with Gasteiger partial charge in [-0.1, -0.05) is 30.3 Å². The molecule has 0 saturated heterocycles. The Morgan fingerprint density at radius 2 is 1.92 bits per heavy atom. The summed E-state index contributed by atoms with van der Waals surface area (Å²) in [5, 5.41) is 15.3. The second-order valence-electron chi connectivity index (χ2n) is 6.29. The first-order chi connectivity index (χ1) is 12.6. The first-order valence-electron chi connectivity index (χ1n) is 8.26. The molecule has 0 amide bonds. The number of rotatable bonds is 3. The average Bonchev–Trinajstić information content (AvgIpc) is 3.05. The molecule has 132 valence electrons. The molecule has 0 spiro atoms. The lowest BCUT2D eigenvalue weighted by molar-refractivity contribution is -0.384. The van der Waals surface area contributed by atoms with Crippen molar-refractivity contribution in [2.24, 2.45) is 0 Å². The maximum atomic E-state index is 12.2. The second kappa shape index (κ2) is 6.27. The number of methoxy groups -OCH3 is 1. The van der Waals surface area contributed by atoms with Crippen molar-refractivity contribution in [3.8, 4) is 0 Å². The van der Waals surface area contributed by atoms with Crippen LogP contribution in [-0.4, -0.2) is 29.0 Å². The molecule has 1 aromatic heterocycles. The monoisotopic (exact) mass is 351 g/mol. The number of nitro groups is 1. The molecular formula is C19H17N3O4. The van der Waals surface area contributed by atoms with Crippen LogP contribution in [0.15, 0.2) is 48.5 Å². The highest BCUT2D eigenvalue weighted by Crippen LogP contribution is 2.35. The van der Waals surface area contributed by atoms with Crippen LogP contribution < -0.4 is 5.32 Å². The van der Waals surface area contributed by atoms with E-state index in [2.05, 4.69) is 10.3 Å². The van der Waals surface area contributed by atoms with Crippen LogP contribution in [0.2, 0.25) is 0 Å². The van der Waals surface area contributed by atoms with Crippen LogP contribution in [-0.2, 0) is 16.0 Å². The van der Waals surface area contributed by atoms with Gasteiger partial charge in [0.2, 0.25) is 0 Å². The number of H-pyrrole nitrogens is 1. The molecule has 1 aliphatic rings. The number of carbonyl (C=O) groups is 1.